The van der Waals surface area contributed by atoms with Crippen LogP contribution in [0.3, 0.4) is 0 Å². The summed E-state index contributed by atoms with van der Waals surface area (Å²) in [4.78, 5) is 0. The molecule has 0 rings (SSSR count). The van der Waals surface area contributed by atoms with Crippen molar-refractivity contribution >= 4 is 34.8 Å². The molecule has 0 aliphatic rings. The van der Waals surface area contributed by atoms with Crippen LogP contribution in [0.5, 0.6) is 0 Å². The Hall–Kier alpha value is 1.39. The van der Waals surface area contributed by atoms with Gasteiger partial charge in [-0.3, -0.25) is 0 Å². The molecule has 10 heavy (non-hydrogen) atoms. The van der Waals surface area contributed by atoms with Crippen LogP contribution in [0.15, 0.2) is 0 Å². The molecule has 0 amide bonds. The number of hydrogen-bond donors (Lipinski definition) is 0. The zero-order valence-electron chi connectivity index (χ0n) is 5.52. The molecule has 0 spiro atoms. The Morgan fingerprint density at radius 1 is 1.00 bits per heavy atom. The molecule has 0 saturated heterocycles. The maximum absolute atomic E-state index is 5.53. The standard InChI is InChI=1S/C6H10Cl3.Fe/c1-2-3-4-5-6(7,8)9;/h1-5H2;. The second kappa shape index (κ2) is 5.97. The van der Waals surface area contributed by atoms with Crippen LogP contribution >= 0.6 is 34.8 Å². The van der Waals surface area contributed by atoms with E-state index in [2.05, 4.69) is 16.0 Å². The predicted octanol–water partition coefficient (Wildman–Crippen LogP) is 3.88. The van der Waals surface area contributed by atoms with E-state index in [0.29, 0.717) is 6.42 Å². The molecule has 0 aliphatic heterocycles. The monoisotopic (exact) mass is 243 g/mol. The molecule has 0 saturated carbocycles. The number of halogens is 3. The van der Waals surface area contributed by atoms with Crippen LogP contribution < -0.4 is 0 Å². The molecule has 0 bridgehead atoms. The fourth-order valence-electron chi connectivity index (χ4n) is 0.591. The Labute approximate surface area is 85.4 Å². The van der Waals surface area contributed by atoms with E-state index < -0.39 is 3.79 Å². The fraction of sp³-hybridized carbons (Fsp3) is 1.00. The molecular formula is C6H10Cl3Fe. The normalized spacial score (nSPS) is 12.0. The van der Waals surface area contributed by atoms with Crippen molar-refractivity contribution in [3.63, 3.8) is 0 Å². The van der Waals surface area contributed by atoms with E-state index >= 15 is 0 Å². The molecule has 0 fully saturated rings. The Balaban J connectivity index is 3.04. The quantitative estimate of drug-likeness (QED) is 0.400. The maximum atomic E-state index is 5.53. The molecule has 0 heterocycles. The zero-order valence-corrected chi connectivity index (χ0v) is 8.89. The van der Waals surface area contributed by atoms with Crippen molar-refractivity contribution in [3.8, 4) is 0 Å². The first-order valence-corrected chi connectivity index (χ1v) is 5.09. The van der Waals surface area contributed by atoms with E-state index in [0.717, 1.165) is 24.6 Å². The molecule has 0 aromatic rings. The second-order valence-electron chi connectivity index (χ2n) is 2.10. The number of hydrogen-bond acceptors (Lipinski definition) is 0. The molecule has 0 radical (unpaired) electrons. The van der Waals surface area contributed by atoms with Crippen molar-refractivity contribution in [2.45, 2.75) is 34.8 Å². The van der Waals surface area contributed by atoms with Gasteiger partial charge in [-0.05, 0) is 0 Å². The summed E-state index contributed by atoms with van der Waals surface area (Å²) in [6.07, 6.45) is 3.86. The SMILES string of the molecule is ClC(Cl)(Cl)CCCC[CH2][Fe]. The third-order valence-electron chi connectivity index (χ3n) is 1.09. The van der Waals surface area contributed by atoms with Gasteiger partial charge in [-0.15, -0.1) is 0 Å². The fourth-order valence-corrected chi connectivity index (χ4v) is 1.27. The van der Waals surface area contributed by atoms with Gasteiger partial charge >= 0.3 is 85.6 Å². The van der Waals surface area contributed by atoms with Crippen LogP contribution in [0.1, 0.15) is 25.7 Å². The van der Waals surface area contributed by atoms with Gasteiger partial charge in [-0.1, -0.05) is 0 Å². The van der Waals surface area contributed by atoms with Crippen molar-refractivity contribution in [1.82, 2.24) is 0 Å². The van der Waals surface area contributed by atoms with E-state index in [1.165, 1.54) is 0 Å². The van der Waals surface area contributed by atoms with Gasteiger partial charge in [0.15, 0.2) is 0 Å². The first-order chi connectivity index (χ1) is 4.56. The first kappa shape index (κ1) is 11.4. The summed E-state index contributed by atoms with van der Waals surface area (Å²) in [5.74, 6) is 0. The topological polar surface area (TPSA) is 0 Å². The van der Waals surface area contributed by atoms with Crippen molar-refractivity contribution in [2.24, 2.45) is 0 Å². The van der Waals surface area contributed by atoms with Crippen LogP contribution in [-0.2, 0) is 16.0 Å². The summed E-state index contributed by atoms with van der Waals surface area (Å²) < 4.78 is -1.05. The van der Waals surface area contributed by atoms with E-state index in [-0.39, 0.29) is 0 Å². The minimum absolute atomic E-state index is 0.650. The molecule has 0 unspecified atom stereocenters. The molecule has 0 aromatic carbocycles. The number of rotatable bonds is 4. The summed E-state index contributed by atoms with van der Waals surface area (Å²) >= 11 is 20.3. The summed E-state index contributed by atoms with van der Waals surface area (Å²) in [6.45, 7) is 0. The Morgan fingerprint density at radius 3 is 2.00 bits per heavy atom. The van der Waals surface area contributed by atoms with Crippen molar-refractivity contribution in [2.75, 3.05) is 0 Å². The number of alkyl halides is 3. The molecule has 0 N–H and O–H groups in total. The van der Waals surface area contributed by atoms with Crippen LogP contribution in [0, 0.1) is 0 Å². The van der Waals surface area contributed by atoms with Crippen molar-refractivity contribution < 1.29 is 16.0 Å². The Kier molecular flexibility index (Phi) is 6.80. The van der Waals surface area contributed by atoms with Crippen LogP contribution in [0.25, 0.3) is 0 Å². The Bertz CT molecular complexity index is 79.6. The third kappa shape index (κ3) is 9.39. The summed E-state index contributed by atoms with van der Waals surface area (Å²) in [7, 11) is 0. The van der Waals surface area contributed by atoms with E-state index in [4.69, 9.17) is 34.8 Å². The van der Waals surface area contributed by atoms with Gasteiger partial charge in [0.25, 0.3) is 0 Å². The van der Waals surface area contributed by atoms with Gasteiger partial charge in [0.1, 0.15) is 0 Å². The second-order valence-corrected chi connectivity index (χ2v) is 5.17. The van der Waals surface area contributed by atoms with Crippen LogP contribution in [0.4, 0.5) is 0 Å². The molecule has 4 heteroatoms. The molecule has 0 atom stereocenters. The van der Waals surface area contributed by atoms with Crippen molar-refractivity contribution in [1.29, 1.82) is 0 Å². The minimum atomic E-state index is -1.05. The summed E-state index contributed by atoms with van der Waals surface area (Å²) in [5.41, 5.74) is 0. The van der Waals surface area contributed by atoms with Gasteiger partial charge in [-0.25, -0.2) is 0 Å². The molecule has 0 aliphatic carbocycles. The van der Waals surface area contributed by atoms with Crippen LogP contribution in [-0.4, -0.2) is 3.79 Å². The predicted molar refractivity (Wildman–Crippen MR) is 43.6 cm³/mol. The molecular weight excluding hydrogens is 234 g/mol. The molecule has 0 nitrogen and oxygen atoms in total. The first-order valence-electron chi connectivity index (χ1n) is 3.17. The van der Waals surface area contributed by atoms with Gasteiger partial charge in [-0.2, -0.15) is 0 Å². The van der Waals surface area contributed by atoms with Gasteiger partial charge in [0.2, 0.25) is 0 Å². The van der Waals surface area contributed by atoms with E-state index in [1.807, 2.05) is 0 Å². The number of unbranched alkanes of at least 4 members (excludes halogenated alkanes) is 2. The van der Waals surface area contributed by atoms with Gasteiger partial charge < -0.3 is 0 Å². The van der Waals surface area contributed by atoms with Crippen LogP contribution in [0.2, 0.25) is 5.32 Å². The summed E-state index contributed by atoms with van der Waals surface area (Å²) in [5, 5.41) is 0.972. The summed E-state index contributed by atoms with van der Waals surface area (Å²) in [6, 6.07) is 0. The molecule has 63 valence electrons. The zero-order chi connectivity index (χ0) is 8.04. The van der Waals surface area contributed by atoms with Gasteiger partial charge in [0, 0.05) is 0 Å². The third-order valence-corrected chi connectivity index (χ3v) is 2.04. The van der Waals surface area contributed by atoms with Gasteiger partial charge in [0.05, 0.1) is 0 Å². The molecule has 0 aromatic heterocycles. The van der Waals surface area contributed by atoms with Crippen molar-refractivity contribution in [3.05, 3.63) is 0 Å². The average Bonchev–Trinajstić information content (AvgIpc) is 1.78. The Morgan fingerprint density at radius 2 is 1.60 bits per heavy atom. The van der Waals surface area contributed by atoms with E-state index in [9.17, 15) is 0 Å². The average molecular weight is 244 g/mol. The van der Waals surface area contributed by atoms with E-state index in [1.54, 1.807) is 0 Å².